The number of amides is 1. The zero-order valence-electron chi connectivity index (χ0n) is 16.8. The summed E-state index contributed by atoms with van der Waals surface area (Å²) in [5.74, 6) is 0.126. The number of carbonyl (C=O) groups excluding carboxylic acids is 1. The van der Waals surface area contributed by atoms with E-state index >= 15 is 0 Å². The first-order valence-electron chi connectivity index (χ1n) is 10.4. The van der Waals surface area contributed by atoms with Crippen LogP contribution < -0.4 is 5.32 Å². The van der Waals surface area contributed by atoms with Gasteiger partial charge >= 0.3 is 0 Å². The summed E-state index contributed by atoms with van der Waals surface area (Å²) < 4.78 is 0. The third-order valence-electron chi connectivity index (χ3n) is 5.89. The van der Waals surface area contributed by atoms with Crippen LogP contribution in [0, 0.1) is 5.92 Å². The molecule has 0 bridgehead atoms. The first kappa shape index (κ1) is 18.7. The van der Waals surface area contributed by atoms with Gasteiger partial charge in [0, 0.05) is 42.3 Å². The fourth-order valence-corrected chi connectivity index (χ4v) is 4.29. The molecule has 0 radical (unpaired) electrons. The smallest absolute Gasteiger partial charge is 0.228 e. The molecule has 1 amide bonds. The zero-order chi connectivity index (χ0) is 20.3. The van der Waals surface area contributed by atoms with Crippen LogP contribution in [0.5, 0.6) is 0 Å². The van der Waals surface area contributed by atoms with Crippen molar-refractivity contribution >= 4 is 17.3 Å². The SMILES string of the molecule is O=C(Nc1ccc2c(c1)C(c1ccncc1)=NC2)[C@@H]1CCN(Cc2ccccc2)C1. The van der Waals surface area contributed by atoms with Gasteiger partial charge in [0.05, 0.1) is 18.2 Å². The number of pyridine rings is 1. The molecule has 1 fully saturated rings. The van der Waals surface area contributed by atoms with Crippen molar-refractivity contribution in [2.75, 3.05) is 18.4 Å². The van der Waals surface area contributed by atoms with E-state index < -0.39 is 0 Å². The van der Waals surface area contributed by atoms with Crippen molar-refractivity contribution in [3.8, 4) is 0 Å². The lowest BCUT2D eigenvalue weighted by Crippen LogP contribution is -2.27. The van der Waals surface area contributed by atoms with Crippen LogP contribution in [-0.4, -0.2) is 34.6 Å². The molecule has 0 spiro atoms. The summed E-state index contributed by atoms with van der Waals surface area (Å²) in [5.41, 5.74) is 6.44. The van der Waals surface area contributed by atoms with Crippen molar-refractivity contribution in [2.24, 2.45) is 10.9 Å². The van der Waals surface area contributed by atoms with Crippen molar-refractivity contribution in [3.05, 3.63) is 95.3 Å². The van der Waals surface area contributed by atoms with Gasteiger partial charge in [0.25, 0.3) is 0 Å². The van der Waals surface area contributed by atoms with Gasteiger partial charge in [0.15, 0.2) is 0 Å². The summed E-state index contributed by atoms with van der Waals surface area (Å²) >= 11 is 0. The number of fused-ring (bicyclic) bond motifs is 1. The molecule has 5 nitrogen and oxygen atoms in total. The minimum Gasteiger partial charge on any atom is -0.326 e. The Balaban J connectivity index is 1.25. The number of aromatic nitrogens is 1. The zero-order valence-corrected chi connectivity index (χ0v) is 16.8. The lowest BCUT2D eigenvalue weighted by atomic mass is 10.00. The van der Waals surface area contributed by atoms with Gasteiger partial charge in [-0.3, -0.25) is 19.7 Å². The van der Waals surface area contributed by atoms with Crippen LogP contribution in [0.4, 0.5) is 5.69 Å². The second-order valence-corrected chi connectivity index (χ2v) is 7.97. The van der Waals surface area contributed by atoms with Gasteiger partial charge in [-0.25, -0.2) is 0 Å². The normalized spacial score (nSPS) is 18.1. The van der Waals surface area contributed by atoms with Crippen molar-refractivity contribution in [3.63, 3.8) is 0 Å². The Kier molecular flexibility index (Phi) is 5.11. The van der Waals surface area contributed by atoms with Gasteiger partial charge in [-0.1, -0.05) is 36.4 Å². The maximum absolute atomic E-state index is 12.9. The average molecular weight is 396 g/mol. The first-order chi connectivity index (χ1) is 14.8. The number of nitrogens with one attached hydrogen (secondary N) is 1. The molecule has 1 N–H and O–H groups in total. The van der Waals surface area contributed by atoms with Crippen molar-refractivity contribution < 1.29 is 4.79 Å². The highest BCUT2D eigenvalue weighted by molar-refractivity contribution is 6.15. The Morgan fingerprint density at radius 2 is 1.90 bits per heavy atom. The molecule has 3 heterocycles. The first-order valence-corrected chi connectivity index (χ1v) is 10.4. The molecule has 0 saturated carbocycles. The number of benzene rings is 2. The van der Waals surface area contributed by atoms with Crippen LogP contribution in [0.25, 0.3) is 0 Å². The molecule has 3 aromatic rings. The third-order valence-corrected chi connectivity index (χ3v) is 5.89. The number of carbonyl (C=O) groups is 1. The van der Waals surface area contributed by atoms with Crippen molar-refractivity contribution in [2.45, 2.75) is 19.5 Å². The second kappa shape index (κ2) is 8.20. The van der Waals surface area contributed by atoms with E-state index in [4.69, 9.17) is 4.99 Å². The quantitative estimate of drug-likeness (QED) is 0.712. The molecular formula is C25H24N4O. The number of aliphatic imine (C=N–C) groups is 1. The average Bonchev–Trinajstić information content (AvgIpc) is 3.42. The van der Waals surface area contributed by atoms with Gasteiger partial charge in [0.2, 0.25) is 5.91 Å². The summed E-state index contributed by atoms with van der Waals surface area (Å²) in [4.78, 5) is 24.0. The van der Waals surface area contributed by atoms with Gasteiger partial charge in [-0.2, -0.15) is 0 Å². The van der Waals surface area contributed by atoms with Crippen molar-refractivity contribution in [1.29, 1.82) is 0 Å². The predicted octanol–water partition coefficient (Wildman–Crippen LogP) is 3.89. The Hall–Kier alpha value is -3.31. The Bertz CT molecular complexity index is 1080. The molecule has 1 atom stereocenters. The lowest BCUT2D eigenvalue weighted by molar-refractivity contribution is -0.119. The van der Waals surface area contributed by atoms with Crippen LogP contribution in [0.3, 0.4) is 0 Å². The van der Waals surface area contributed by atoms with Gasteiger partial charge in [0.1, 0.15) is 0 Å². The van der Waals surface area contributed by atoms with Gasteiger partial charge in [-0.15, -0.1) is 0 Å². The summed E-state index contributed by atoms with van der Waals surface area (Å²) in [7, 11) is 0. The van der Waals surface area contributed by atoms with Crippen LogP contribution in [0.15, 0.2) is 78.0 Å². The predicted molar refractivity (Wildman–Crippen MR) is 118 cm³/mol. The van der Waals surface area contributed by atoms with Crippen LogP contribution in [0.1, 0.15) is 28.7 Å². The van der Waals surface area contributed by atoms with E-state index in [-0.39, 0.29) is 11.8 Å². The molecule has 1 aromatic heterocycles. The Morgan fingerprint density at radius 3 is 2.73 bits per heavy atom. The number of nitrogens with zero attached hydrogens (tertiary/aromatic N) is 3. The van der Waals surface area contributed by atoms with Crippen LogP contribution in [0.2, 0.25) is 0 Å². The Morgan fingerprint density at radius 1 is 1.07 bits per heavy atom. The minimum atomic E-state index is 0.0234. The summed E-state index contributed by atoms with van der Waals surface area (Å²) in [6, 6.07) is 20.5. The molecule has 2 aliphatic heterocycles. The molecule has 0 aliphatic carbocycles. The fraction of sp³-hybridized carbons (Fsp3) is 0.240. The van der Waals surface area contributed by atoms with E-state index in [0.29, 0.717) is 6.54 Å². The van der Waals surface area contributed by atoms with Gasteiger partial charge < -0.3 is 5.32 Å². The molecule has 30 heavy (non-hydrogen) atoms. The number of hydrogen-bond acceptors (Lipinski definition) is 4. The van der Waals surface area contributed by atoms with Crippen molar-refractivity contribution in [1.82, 2.24) is 9.88 Å². The standard InChI is InChI=1S/C25H24N4O/c30-25(21-10-13-29(17-21)16-18-4-2-1-3-5-18)28-22-7-6-20-15-27-24(23(20)14-22)19-8-11-26-12-9-19/h1-9,11-12,14,21H,10,13,15-17H2,(H,28,30)/t21-/m1/s1. The van der Waals surface area contributed by atoms with E-state index in [1.54, 1.807) is 12.4 Å². The molecule has 5 heteroatoms. The summed E-state index contributed by atoms with van der Waals surface area (Å²) in [5, 5.41) is 3.14. The van der Waals surface area contributed by atoms with Crippen LogP contribution >= 0.6 is 0 Å². The summed E-state index contributed by atoms with van der Waals surface area (Å²) in [6.45, 7) is 3.33. The monoisotopic (exact) mass is 396 g/mol. The fourth-order valence-electron chi connectivity index (χ4n) is 4.29. The molecular weight excluding hydrogens is 372 g/mol. The topological polar surface area (TPSA) is 57.6 Å². The third kappa shape index (κ3) is 3.89. The highest BCUT2D eigenvalue weighted by atomic mass is 16.1. The molecule has 2 aromatic carbocycles. The number of rotatable bonds is 5. The van der Waals surface area contributed by atoms with E-state index in [1.165, 1.54) is 11.1 Å². The molecule has 1 saturated heterocycles. The minimum absolute atomic E-state index is 0.0234. The van der Waals surface area contributed by atoms with E-state index in [1.807, 2.05) is 24.3 Å². The largest absolute Gasteiger partial charge is 0.326 e. The second-order valence-electron chi connectivity index (χ2n) is 7.97. The van der Waals surface area contributed by atoms with Gasteiger partial charge in [-0.05, 0) is 48.4 Å². The molecule has 5 rings (SSSR count). The molecule has 0 unspecified atom stereocenters. The highest BCUT2D eigenvalue weighted by Crippen LogP contribution is 2.27. The molecule has 150 valence electrons. The summed E-state index contributed by atoms with van der Waals surface area (Å²) in [6.07, 6.45) is 4.46. The van der Waals surface area contributed by atoms with E-state index in [9.17, 15) is 4.79 Å². The highest BCUT2D eigenvalue weighted by Gasteiger charge is 2.28. The maximum atomic E-state index is 12.9. The van der Waals surface area contributed by atoms with E-state index in [2.05, 4.69) is 51.6 Å². The van der Waals surface area contributed by atoms with Crippen LogP contribution in [-0.2, 0) is 17.9 Å². The lowest BCUT2D eigenvalue weighted by Gasteiger charge is -2.16. The van der Waals surface area contributed by atoms with E-state index in [0.717, 1.165) is 48.6 Å². The Labute approximate surface area is 176 Å². The molecule has 2 aliphatic rings. The number of anilines is 1. The maximum Gasteiger partial charge on any atom is 0.228 e. The number of likely N-dealkylation sites (tertiary alicyclic amines) is 1. The number of hydrogen-bond donors (Lipinski definition) is 1.